The van der Waals surface area contributed by atoms with Crippen LogP contribution in [-0.4, -0.2) is 10.1 Å². The first-order valence-corrected chi connectivity index (χ1v) is 6.09. The molecule has 3 heteroatoms. The maximum Gasteiger partial charge on any atom is 0.124 e. The van der Waals surface area contributed by atoms with E-state index >= 15 is 0 Å². The number of hydrogen-bond donors (Lipinski definition) is 2. The zero-order valence-electron chi connectivity index (χ0n) is 8.94. The van der Waals surface area contributed by atoms with Gasteiger partial charge in [-0.3, -0.25) is 0 Å². The molecule has 3 rings (SSSR count). The molecule has 2 nitrogen and oxygen atoms in total. The summed E-state index contributed by atoms with van der Waals surface area (Å²) in [6, 6.07) is 11.8. The lowest BCUT2D eigenvalue weighted by Crippen LogP contribution is -1.79. The van der Waals surface area contributed by atoms with Gasteiger partial charge in [0.25, 0.3) is 0 Å². The Morgan fingerprint density at radius 1 is 0.941 bits per heavy atom. The zero-order valence-corrected chi connectivity index (χ0v) is 10.5. The molecule has 0 amide bonds. The van der Waals surface area contributed by atoms with Gasteiger partial charge in [-0.2, -0.15) is 0 Å². The Labute approximate surface area is 107 Å². The summed E-state index contributed by atoms with van der Waals surface area (Å²) < 4.78 is 0.947. The monoisotopic (exact) mass is 287 g/mol. The Kier molecular flexibility index (Phi) is 2.41. The number of rotatable bonds is 1. The van der Waals surface area contributed by atoms with E-state index in [1.54, 1.807) is 6.07 Å². The molecule has 0 aliphatic rings. The van der Waals surface area contributed by atoms with Crippen LogP contribution in [0, 0.1) is 0 Å². The van der Waals surface area contributed by atoms with Gasteiger partial charge >= 0.3 is 0 Å². The van der Waals surface area contributed by atoms with Crippen molar-refractivity contribution in [1.29, 1.82) is 0 Å². The number of phenolic OH excluding ortho intramolecular Hbond substituents is 1. The lowest BCUT2D eigenvalue weighted by Gasteiger charge is -2.06. The summed E-state index contributed by atoms with van der Waals surface area (Å²) in [6.07, 6.45) is 3.72. The topological polar surface area (TPSA) is 36.0 Å². The van der Waals surface area contributed by atoms with Crippen LogP contribution in [0.1, 0.15) is 0 Å². The molecule has 0 saturated carbocycles. The number of aromatic nitrogens is 1. The van der Waals surface area contributed by atoms with E-state index in [0.29, 0.717) is 5.75 Å². The highest BCUT2D eigenvalue weighted by atomic mass is 79.9. The van der Waals surface area contributed by atoms with Gasteiger partial charge in [-0.15, -0.1) is 0 Å². The van der Waals surface area contributed by atoms with Gasteiger partial charge in [-0.25, -0.2) is 0 Å². The van der Waals surface area contributed by atoms with Gasteiger partial charge in [0, 0.05) is 28.0 Å². The summed E-state index contributed by atoms with van der Waals surface area (Å²) in [7, 11) is 0. The third-order valence-corrected chi connectivity index (χ3v) is 3.51. The van der Waals surface area contributed by atoms with Crippen LogP contribution in [-0.2, 0) is 0 Å². The maximum absolute atomic E-state index is 10.1. The lowest BCUT2D eigenvalue weighted by molar-refractivity contribution is 0.478. The molecule has 84 valence electrons. The molecular formula is C14H10BrNO. The van der Waals surface area contributed by atoms with Crippen molar-refractivity contribution in [2.45, 2.75) is 0 Å². The second-order valence-corrected chi connectivity index (χ2v) is 4.79. The standard InChI is InChI=1S/C14H10BrNO/c15-13-8-16-7-12(13)11-5-9-3-1-2-4-10(9)6-14(11)17/h1-8,16-17H. The molecule has 17 heavy (non-hydrogen) atoms. The fourth-order valence-electron chi connectivity index (χ4n) is 2.00. The van der Waals surface area contributed by atoms with Crippen LogP contribution in [0.5, 0.6) is 5.75 Å². The van der Waals surface area contributed by atoms with Crippen LogP contribution in [0.15, 0.2) is 53.3 Å². The average Bonchev–Trinajstić information content (AvgIpc) is 2.74. The Morgan fingerprint density at radius 3 is 2.29 bits per heavy atom. The quantitative estimate of drug-likeness (QED) is 0.688. The van der Waals surface area contributed by atoms with Crippen LogP contribution in [0.25, 0.3) is 21.9 Å². The fraction of sp³-hybridized carbons (Fsp3) is 0. The van der Waals surface area contributed by atoms with Crippen LogP contribution < -0.4 is 0 Å². The highest BCUT2D eigenvalue weighted by Crippen LogP contribution is 2.36. The van der Waals surface area contributed by atoms with Crippen molar-refractivity contribution in [2.24, 2.45) is 0 Å². The summed E-state index contributed by atoms with van der Waals surface area (Å²) in [5.74, 6) is 0.295. The van der Waals surface area contributed by atoms with Gasteiger partial charge in [0.15, 0.2) is 0 Å². The number of aromatic hydroxyl groups is 1. The van der Waals surface area contributed by atoms with E-state index in [0.717, 1.165) is 26.4 Å². The van der Waals surface area contributed by atoms with Crippen LogP contribution >= 0.6 is 15.9 Å². The molecule has 2 aromatic carbocycles. The average molecular weight is 288 g/mol. The predicted octanol–water partition coefficient (Wildman–Crippen LogP) is 4.30. The molecule has 0 saturated heterocycles. The van der Waals surface area contributed by atoms with E-state index in [4.69, 9.17) is 0 Å². The van der Waals surface area contributed by atoms with Crippen molar-refractivity contribution in [3.05, 3.63) is 53.3 Å². The summed E-state index contributed by atoms with van der Waals surface area (Å²) in [6.45, 7) is 0. The Balaban J connectivity index is 2.30. The SMILES string of the molecule is Oc1cc2ccccc2cc1-c1c[nH]cc1Br. The first kappa shape index (κ1) is 10.4. The van der Waals surface area contributed by atoms with E-state index in [9.17, 15) is 5.11 Å². The minimum absolute atomic E-state index is 0.295. The number of benzene rings is 2. The molecule has 0 spiro atoms. The number of nitrogens with one attached hydrogen (secondary N) is 1. The second-order valence-electron chi connectivity index (χ2n) is 3.93. The van der Waals surface area contributed by atoms with E-state index in [-0.39, 0.29) is 0 Å². The Morgan fingerprint density at radius 2 is 1.65 bits per heavy atom. The largest absolute Gasteiger partial charge is 0.507 e. The number of H-pyrrole nitrogens is 1. The first-order chi connectivity index (χ1) is 8.25. The van der Waals surface area contributed by atoms with Crippen LogP contribution in [0.3, 0.4) is 0 Å². The normalized spacial score (nSPS) is 10.9. The number of fused-ring (bicyclic) bond motifs is 1. The Bertz CT molecular complexity index is 688. The van der Waals surface area contributed by atoms with Gasteiger partial charge in [0.1, 0.15) is 5.75 Å². The number of hydrogen-bond acceptors (Lipinski definition) is 1. The fourth-order valence-corrected chi connectivity index (χ4v) is 2.46. The summed E-state index contributed by atoms with van der Waals surface area (Å²) in [5, 5.41) is 12.2. The van der Waals surface area contributed by atoms with Crippen molar-refractivity contribution in [2.75, 3.05) is 0 Å². The van der Waals surface area contributed by atoms with E-state index < -0.39 is 0 Å². The molecule has 0 aliphatic carbocycles. The van der Waals surface area contributed by atoms with Gasteiger partial charge in [0.2, 0.25) is 0 Å². The van der Waals surface area contributed by atoms with Gasteiger partial charge in [0.05, 0.1) is 0 Å². The molecule has 0 unspecified atom stereocenters. The molecule has 0 fully saturated rings. The summed E-state index contributed by atoms with van der Waals surface area (Å²) >= 11 is 3.46. The van der Waals surface area contributed by atoms with Crippen molar-refractivity contribution in [1.82, 2.24) is 4.98 Å². The minimum atomic E-state index is 0.295. The molecule has 1 heterocycles. The van der Waals surface area contributed by atoms with Crippen LogP contribution in [0.2, 0.25) is 0 Å². The first-order valence-electron chi connectivity index (χ1n) is 5.30. The third kappa shape index (κ3) is 1.72. The molecule has 0 atom stereocenters. The second kappa shape index (κ2) is 3.93. The summed E-state index contributed by atoms with van der Waals surface area (Å²) in [4.78, 5) is 3.01. The van der Waals surface area contributed by atoms with Gasteiger partial charge < -0.3 is 10.1 Å². The predicted molar refractivity (Wildman–Crippen MR) is 73.1 cm³/mol. The van der Waals surface area contributed by atoms with Crippen LogP contribution in [0.4, 0.5) is 0 Å². The van der Waals surface area contributed by atoms with Gasteiger partial charge in [-0.05, 0) is 38.8 Å². The third-order valence-electron chi connectivity index (χ3n) is 2.85. The van der Waals surface area contributed by atoms with E-state index in [1.807, 2.05) is 42.7 Å². The zero-order chi connectivity index (χ0) is 11.8. The highest BCUT2D eigenvalue weighted by molar-refractivity contribution is 9.10. The van der Waals surface area contributed by atoms with E-state index in [1.165, 1.54) is 0 Å². The number of halogens is 1. The molecule has 2 N–H and O–H groups in total. The molecule has 1 aromatic heterocycles. The van der Waals surface area contributed by atoms with E-state index in [2.05, 4.69) is 20.9 Å². The lowest BCUT2D eigenvalue weighted by atomic mass is 10.0. The molecule has 0 radical (unpaired) electrons. The van der Waals surface area contributed by atoms with Gasteiger partial charge in [-0.1, -0.05) is 24.3 Å². The smallest absolute Gasteiger partial charge is 0.124 e. The molecule has 3 aromatic rings. The molecule has 0 bridgehead atoms. The van der Waals surface area contributed by atoms with Crippen molar-refractivity contribution >= 4 is 26.7 Å². The molecular weight excluding hydrogens is 278 g/mol. The highest BCUT2D eigenvalue weighted by Gasteiger charge is 2.09. The number of aromatic amines is 1. The van der Waals surface area contributed by atoms with Crippen molar-refractivity contribution < 1.29 is 5.11 Å². The molecule has 0 aliphatic heterocycles. The minimum Gasteiger partial charge on any atom is -0.507 e. The Hall–Kier alpha value is -1.74. The van der Waals surface area contributed by atoms with Crippen molar-refractivity contribution in [3.8, 4) is 16.9 Å². The van der Waals surface area contributed by atoms with Crippen molar-refractivity contribution in [3.63, 3.8) is 0 Å². The summed E-state index contributed by atoms with van der Waals surface area (Å²) in [5.41, 5.74) is 1.80. The number of phenols is 1. The maximum atomic E-state index is 10.1.